The summed E-state index contributed by atoms with van der Waals surface area (Å²) in [6.07, 6.45) is 4.69. The van der Waals surface area contributed by atoms with Crippen LogP contribution in [0, 0.1) is 0 Å². The Labute approximate surface area is 165 Å². The Kier molecular flexibility index (Phi) is 5.72. The zero-order chi connectivity index (χ0) is 19.3. The van der Waals surface area contributed by atoms with Gasteiger partial charge in [-0.05, 0) is 49.9 Å². The van der Waals surface area contributed by atoms with Crippen molar-refractivity contribution in [3.05, 3.63) is 65.7 Å². The van der Waals surface area contributed by atoms with Crippen LogP contribution in [0.2, 0.25) is 0 Å². The van der Waals surface area contributed by atoms with E-state index in [0.29, 0.717) is 16.9 Å². The molecular weight excluding hydrogens is 352 g/mol. The molecule has 0 unspecified atom stereocenters. The Balaban J connectivity index is 1.22. The van der Waals surface area contributed by atoms with E-state index in [0.717, 1.165) is 32.0 Å². The molecule has 0 spiro atoms. The average Bonchev–Trinajstić information content (AvgIpc) is 3.59. The van der Waals surface area contributed by atoms with Gasteiger partial charge in [0.05, 0.1) is 0 Å². The molecule has 0 bridgehead atoms. The highest BCUT2D eigenvalue weighted by molar-refractivity contribution is 6.08. The Morgan fingerprint density at radius 1 is 0.893 bits per heavy atom. The molecule has 5 nitrogen and oxygen atoms in total. The maximum Gasteiger partial charge on any atom is 0.258 e. The van der Waals surface area contributed by atoms with E-state index in [2.05, 4.69) is 10.2 Å². The van der Waals surface area contributed by atoms with Gasteiger partial charge in [0.25, 0.3) is 5.91 Å². The highest BCUT2D eigenvalue weighted by Crippen LogP contribution is 2.29. The predicted molar refractivity (Wildman–Crippen MR) is 108 cm³/mol. The summed E-state index contributed by atoms with van der Waals surface area (Å²) in [7, 11) is 0. The maximum absolute atomic E-state index is 12.4. The van der Waals surface area contributed by atoms with Crippen molar-refractivity contribution in [3.63, 3.8) is 0 Å². The second-order valence-corrected chi connectivity index (χ2v) is 7.62. The Morgan fingerprint density at radius 2 is 1.54 bits per heavy atom. The molecule has 1 saturated heterocycles. The number of likely N-dealkylation sites (tertiary alicyclic amines) is 1. The molecule has 2 aromatic carbocycles. The molecular formula is C23H26N2O3. The summed E-state index contributed by atoms with van der Waals surface area (Å²) in [6, 6.07) is 17.2. The lowest BCUT2D eigenvalue weighted by Crippen LogP contribution is -2.46. The molecule has 146 valence electrons. The van der Waals surface area contributed by atoms with Crippen LogP contribution in [0.15, 0.2) is 54.6 Å². The first-order valence-corrected chi connectivity index (χ1v) is 10.0. The van der Waals surface area contributed by atoms with Crippen molar-refractivity contribution in [3.8, 4) is 5.75 Å². The van der Waals surface area contributed by atoms with Gasteiger partial charge in [0, 0.05) is 36.3 Å². The summed E-state index contributed by atoms with van der Waals surface area (Å²) >= 11 is 0. The molecule has 1 heterocycles. The fourth-order valence-corrected chi connectivity index (χ4v) is 3.73. The zero-order valence-corrected chi connectivity index (χ0v) is 16.0. The zero-order valence-electron chi connectivity index (χ0n) is 16.0. The summed E-state index contributed by atoms with van der Waals surface area (Å²) < 4.78 is 5.59. The number of carbonyl (C=O) groups excluding carboxylic acids is 2. The van der Waals surface area contributed by atoms with E-state index in [9.17, 15) is 9.59 Å². The minimum absolute atomic E-state index is 0.00514. The van der Waals surface area contributed by atoms with E-state index in [4.69, 9.17) is 4.74 Å². The van der Waals surface area contributed by atoms with Gasteiger partial charge in [-0.25, -0.2) is 0 Å². The van der Waals surface area contributed by atoms with Gasteiger partial charge < -0.3 is 15.0 Å². The predicted octanol–water partition coefficient (Wildman–Crippen LogP) is 3.04. The van der Waals surface area contributed by atoms with Crippen LogP contribution in [0.1, 0.15) is 41.6 Å². The van der Waals surface area contributed by atoms with Crippen LogP contribution in [0.4, 0.5) is 0 Å². The molecule has 4 rings (SSSR count). The first-order valence-electron chi connectivity index (χ1n) is 10.0. The van der Waals surface area contributed by atoms with Crippen molar-refractivity contribution in [2.24, 2.45) is 0 Å². The molecule has 0 atom stereocenters. The van der Waals surface area contributed by atoms with Crippen molar-refractivity contribution >= 4 is 11.7 Å². The van der Waals surface area contributed by atoms with Gasteiger partial charge in [-0.3, -0.25) is 9.59 Å². The summed E-state index contributed by atoms with van der Waals surface area (Å²) in [6.45, 7) is 2.15. The normalized spacial score (nSPS) is 17.9. The van der Waals surface area contributed by atoms with Crippen molar-refractivity contribution in [1.82, 2.24) is 10.2 Å². The minimum atomic E-state index is -0.0886. The van der Waals surface area contributed by atoms with Gasteiger partial charge in [-0.2, -0.15) is 0 Å². The third kappa shape index (κ3) is 4.78. The molecule has 5 heteroatoms. The largest absolute Gasteiger partial charge is 0.484 e. The van der Waals surface area contributed by atoms with Crippen molar-refractivity contribution in [2.45, 2.75) is 37.8 Å². The fourth-order valence-electron chi connectivity index (χ4n) is 3.73. The number of hydrogen-bond donors (Lipinski definition) is 1. The van der Waals surface area contributed by atoms with Crippen LogP contribution in [0.3, 0.4) is 0 Å². The van der Waals surface area contributed by atoms with E-state index in [-0.39, 0.29) is 24.3 Å². The molecule has 2 aromatic rings. The minimum Gasteiger partial charge on any atom is -0.484 e. The summed E-state index contributed by atoms with van der Waals surface area (Å²) in [5, 5.41) is 3.08. The molecule has 1 N–H and O–H groups in total. The van der Waals surface area contributed by atoms with Crippen LogP contribution >= 0.6 is 0 Å². The highest BCUT2D eigenvalue weighted by Gasteiger charge is 2.32. The number of nitrogens with zero attached hydrogens (tertiary/aromatic N) is 1. The number of ether oxygens (including phenoxy) is 1. The number of rotatable bonds is 7. The average molecular weight is 378 g/mol. The molecule has 28 heavy (non-hydrogen) atoms. The summed E-state index contributed by atoms with van der Waals surface area (Å²) in [4.78, 5) is 27.1. The number of benzene rings is 2. The highest BCUT2D eigenvalue weighted by atomic mass is 16.5. The third-order valence-electron chi connectivity index (χ3n) is 5.48. The molecule has 1 saturated carbocycles. The van der Waals surface area contributed by atoms with Crippen LogP contribution < -0.4 is 10.1 Å². The van der Waals surface area contributed by atoms with Gasteiger partial charge in [0.15, 0.2) is 12.4 Å². The third-order valence-corrected chi connectivity index (χ3v) is 5.48. The lowest BCUT2D eigenvalue weighted by atomic mass is 10.0. The summed E-state index contributed by atoms with van der Waals surface area (Å²) in [5.74, 6) is 0.472. The first kappa shape index (κ1) is 18.7. The molecule has 2 fully saturated rings. The Bertz CT molecular complexity index is 808. The van der Waals surface area contributed by atoms with E-state index < -0.39 is 0 Å². The lowest BCUT2D eigenvalue weighted by Gasteiger charge is -2.32. The monoisotopic (exact) mass is 378 g/mol. The molecule has 2 aliphatic rings. The van der Waals surface area contributed by atoms with Gasteiger partial charge in [0.1, 0.15) is 5.75 Å². The smallest absolute Gasteiger partial charge is 0.258 e. The molecule has 1 aliphatic heterocycles. The quantitative estimate of drug-likeness (QED) is 0.753. The molecule has 1 aliphatic carbocycles. The van der Waals surface area contributed by atoms with Gasteiger partial charge in [-0.1, -0.05) is 30.3 Å². The first-order chi connectivity index (χ1) is 13.7. The van der Waals surface area contributed by atoms with Gasteiger partial charge in [-0.15, -0.1) is 0 Å². The lowest BCUT2D eigenvalue weighted by molar-refractivity contribution is -0.124. The number of ketones is 1. The van der Waals surface area contributed by atoms with Crippen LogP contribution in [-0.2, 0) is 4.79 Å². The van der Waals surface area contributed by atoms with Crippen LogP contribution in [0.5, 0.6) is 5.75 Å². The number of amides is 1. The molecule has 1 amide bonds. The Morgan fingerprint density at radius 3 is 2.18 bits per heavy atom. The van der Waals surface area contributed by atoms with Crippen molar-refractivity contribution in [1.29, 1.82) is 0 Å². The van der Waals surface area contributed by atoms with E-state index in [1.54, 1.807) is 36.4 Å². The van der Waals surface area contributed by atoms with E-state index in [1.165, 1.54) is 12.8 Å². The standard InChI is InChI=1S/C23H26N2O3/c26-22(24-19-12-14-25(15-13-19)20-8-9-20)16-28-21-10-6-18(7-11-21)23(27)17-4-2-1-3-5-17/h1-7,10-11,19-20H,8-9,12-16H2,(H,24,26). The topological polar surface area (TPSA) is 58.6 Å². The molecule has 0 aromatic heterocycles. The summed E-state index contributed by atoms with van der Waals surface area (Å²) in [5.41, 5.74) is 1.26. The van der Waals surface area contributed by atoms with E-state index in [1.807, 2.05) is 18.2 Å². The van der Waals surface area contributed by atoms with Crippen LogP contribution in [-0.4, -0.2) is 48.4 Å². The Hall–Kier alpha value is -2.66. The van der Waals surface area contributed by atoms with Gasteiger partial charge in [0.2, 0.25) is 0 Å². The second kappa shape index (κ2) is 8.57. The second-order valence-electron chi connectivity index (χ2n) is 7.62. The van der Waals surface area contributed by atoms with Crippen LogP contribution in [0.25, 0.3) is 0 Å². The fraction of sp³-hybridized carbons (Fsp3) is 0.391. The number of nitrogens with one attached hydrogen (secondary N) is 1. The number of hydrogen-bond acceptors (Lipinski definition) is 4. The maximum atomic E-state index is 12.4. The number of carbonyl (C=O) groups is 2. The van der Waals surface area contributed by atoms with E-state index >= 15 is 0 Å². The molecule has 0 radical (unpaired) electrons. The SMILES string of the molecule is O=C(COc1ccc(C(=O)c2ccccc2)cc1)NC1CCN(C2CC2)CC1. The van der Waals surface area contributed by atoms with Gasteiger partial charge >= 0.3 is 0 Å². The van der Waals surface area contributed by atoms with Crippen molar-refractivity contribution < 1.29 is 14.3 Å². The van der Waals surface area contributed by atoms with Crippen molar-refractivity contribution in [2.75, 3.05) is 19.7 Å². The number of piperidine rings is 1.